The number of rotatable bonds is 9. The second-order valence-electron chi connectivity index (χ2n) is 6.91. The van der Waals surface area contributed by atoms with Gasteiger partial charge >= 0.3 is 0 Å². The molecule has 6 nitrogen and oxygen atoms in total. The van der Waals surface area contributed by atoms with Crippen LogP contribution in [0, 0.1) is 0 Å². The molecule has 1 aromatic heterocycles. The number of hydrogen-bond donors (Lipinski definition) is 2. The zero-order chi connectivity index (χ0) is 20.3. The quantitative estimate of drug-likeness (QED) is 0.434. The average molecular weight is 391 g/mol. The highest BCUT2D eigenvalue weighted by Gasteiger charge is 2.13. The molecule has 0 spiro atoms. The van der Waals surface area contributed by atoms with Gasteiger partial charge in [-0.05, 0) is 31.4 Å². The minimum absolute atomic E-state index is 0.349. The minimum atomic E-state index is 0.349. The third-order valence-corrected chi connectivity index (χ3v) is 4.87. The second-order valence-corrected chi connectivity index (χ2v) is 6.91. The summed E-state index contributed by atoms with van der Waals surface area (Å²) in [6.07, 6.45) is 2.72. The van der Waals surface area contributed by atoms with E-state index in [0.29, 0.717) is 12.5 Å². The highest BCUT2D eigenvalue weighted by atomic mass is 15.3. The van der Waals surface area contributed by atoms with Gasteiger partial charge in [0.25, 0.3) is 0 Å². The van der Waals surface area contributed by atoms with E-state index in [9.17, 15) is 0 Å². The first-order chi connectivity index (χ1) is 14.3. The normalized spacial score (nSPS) is 12.6. The lowest BCUT2D eigenvalue weighted by atomic mass is 9.92. The van der Waals surface area contributed by atoms with Gasteiger partial charge in [-0.2, -0.15) is 0 Å². The molecule has 0 saturated heterocycles. The maximum absolute atomic E-state index is 4.71. The summed E-state index contributed by atoms with van der Waals surface area (Å²) in [5.74, 6) is 2.02. The van der Waals surface area contributed by atoms with Gasteiger partial charge in [-0.1, -0.05) is 60.7 Å². The van der Waals surface area contributed by atoms with Crippen molar-refractivity contribution in [3.05, 3.63) is 83.9 Å². The summed E-state index contributed by atoms with van der Waals surface area (Å²) in [6, 6.07) is 21.3. The van der Waals surface area contributed by atoms with Gasteiger partial charge in [-0.15, -0.1) is 10.2 Å². The van der Waals surface area contributed by atoms with E-state index < -0.39 is 0 Å². The van der Waals surface area contributed by atoms with Crippen LogP contribution in [0.3, 0.4) is 0 Å². The lowest BCUT2D eigenvalue weighted by Crippen LogP contribution is -2.39. The fourth-order valence-corrected chi connectivity index (χ4v) is 3.31. The Morgan fingerprint density at radius 1 is 1.00 bits per heavy atom. The molecule has 0 bridgehead atoms. The lowest BCUT2D eigenvalue weighted by molar-refractivity contribution is 0.642. The maximum atomic E-state index is 4.71. The summed E-state index contributed by atoms with van der Waals surface area (Å²) in [5, 5.41) is 15.0. The fraction of sp³-hybridized carbons (Fsp3) is 0.348. The SMILES string of the molecule is CCNC(=NCc1nncn1CC)NCC(Cc1ccccc1)c1ccccc1. The smallest absolute Gasteiger partial charge is 0.191 e. The number of aliphatic imine (C=N–C) groups is 1. The van der Waals surface area contributed by atoms with Crippen molar-refractivity contribution in [1.29, 1.82) is 0 Å². The molecule has 0 saturated carbocycles. The molecule has 0 aliphatic carbocycles. The summed E-state index contributed by atoms with van der Waals surface area (Å²) >= 11 is 0. The predicted molar refractivity (Wildman–Crippen MR) is 118 cm³/mol. The second kappa shape index (κ2) is 11.0. The minimum Gasteiger partial charge on any atom is -0.357 e. The zero-order valence-corrected chi connectivity index (χ0v) is 17.3. The van der Waals surface area contributed by atoms with Crippen molar-refractivity contribution < 1.29 is 0 Å². The van der Waals surface area contributed by atoms with Gasteiger partial charge in [0.1, 0.15) is 12.9 Å². The van der Waals surface area contributed by atoms with Gasteiger partial charge < -0.3 is 15.2 Å². The molecule has 3 aromatic rings. The third-order valence-electron chi connectivity index (χ3n) is 4.87. The standard InChI is InChI=1S/C23H30N6/c1-3-24-23(26-17-22-28-27-18-29(22)4-2)25-16-21(20-13-9-6-10-14-20)15-19-11-7-5-8-12-19/h5-14,18,21H,3-4,15-17H2,1-2H3,(H2,24,25,26). The van der Waals surface area contributed by atoms with E-state index in [4.69, 9.17) is 4.99 Å². The Hall–Kier alpha value is -3.15. The van der Waals surface area contributed by atoms with Crippen LogP contribution in [-0.2, 0) is 19.5 Å². The van der Waals surface area contributed by atoms with Crippen LogP contribution in [0.15, 0.2) is 72.0 Å². The largest absolute Gasteiger partial charge is 0.357 e. The van der Waals surface area contributed by atoms with E-state index in [1.165, 1.54) is 11.1 Å². The Kier molecular flexibility index (Phi) is 7.81. The number of benzene rings is 2. The lowest BCUT2D eigenvalue weighted by Gasteiger charge is -2.20. The fourth-order valence-electron chi connectivity index (χ4n) is 3.31. The van der Waals surface area contributed by atoms with Crippen LogP contribution in [-0.4, -0.2) is 33.8 Å². The third kappa shape index (κ3) is 6.17. The van der Waals surface area contributed by atoms with Crippen molar-refractivity contribution in [2.45, 2.75) is 39.3 Å². The van der Waals surface area contributed by atoms with Gasteiger partial charge in [-0.25, -0.2) is 4.99 Å². The van der Waals surface area contributed by atoms with Crippen LogP contribution in [0.1, 0.15) is 36.7 Å². The molecule has 0 fully saturated rings. The van der Waals surface area contributed by atoms with Gasteiger partial charge in [0.05, 0.1) is 0 Å². The Morgan fingerprint density at radius 3 is 2.41 bits per heavy atom. The monoisotopic (exact) mass is 390 g/mol. The van der Waals surface area contributed by atoms with Crippen LogP contribution in [0.5, 0.6) is 0 Å². The van der Waals surface area contributed by atoms with Crippen LogP contribution in [0.2, 0.25) is 0 Å². The molecule has 0 radical (unpaired) electrons. The van der Waals surface area contributed by atoms with Crippen LogP contribution in [0.25, 0.3) is 0 Å². The summed E-state index contributed by atoms with van der Waals surface area (Å²) in [5.41, 5.74) is 2.66. The summed E-state index contributed by atoms with van der Waals surface area (Å²) in [7, 11) is 0. The molecule has 152 valence electrons. The molecular formula is C23H30N6. The summed E-state index contributed by atoms with van der Waals surface area (Å²) in [6.45, 7) is 7.09. The summed E-state index contributed by atoms with van der Waals surface area (Å²) in [4.78, 5) is 4.71. The summed E-state index contributed by atoms with van der Waals surface area (Å²) < 4.78 is 2.01. The molecule has 6 heteroatoms. The van der Waals surface area contributed by atoms with E-state index in [1.807, 2.05) is 4.57 Å². The number of nitrogens with zero attached hydrogens (tertiary/aromatic N) is 4. The first-order valence-electron chi connectivity index (χ1n) is 10.3. The van der Waals surface area contributed by atoms with Gasteiger partial charge in [0, 0.05) is 25.6 Å². The van der Waals surface area contributed by atoms with Crippen molar-refractivity contribution in [3.8, 4) is 0 Å². The number of nitrogens with one attached hydrogen (secondary N) is 2. The Balaban J connectivity index is 1.70. The molecule has 1 unspecified atom stereocenters. The first-order valence-corrected chi connectivity index (χ1v) is 10.3. The van der Waals surface area contributed by atoms with E-state index in [2.05, 4.69) is 95.3 Å². The van der Waals surface area contributed by atoms with Gasteiger partial charge in [0.2, 0.25) is 0 Å². The van der Waals surface area contributed by atoms with Crippen LogP contribution < -0.4 is 10.6 Å². The highest BCUT2D eigenvalue weighted by Crippen LogP contribution is 2.20. The number of aromatic nitrogens is 3. The zero-order valence-electron chi connectivity index (χ0n) is 17.3. The molecule has 1 atom stereocenters. The van der Waals surface area contributed by atoms with Crippen molar-refractivity contribution in [1.82, 2.24) is 25.4 Å². The van der Waals surface area contributed by atoms with Crippen molar-refractivity contribution >= 4 is 5.96 Å². The average Bonchev–Trinajstić information content (AvgIpc) is 3.23. The number of hydrogen-bond acceptors (Lipinski definition) is 3. The topological polar surface area (TPSA) is 67.1 Å². The van der Waals surface area contributed by atoms with Crippen molar-refractivity contribution in [3.63, 3.8) is 0 Å². The highest BCUT2D eigenvalue weighted by molar-refractivity contribution is 5.79. The molecule has 0 aliphatic heterocycles. The molecule has 3 rings (SSSR count). The number of guanidine groups is 1. The molecule has 1 heterocycles. The first kappa shape index (κ1) is 20.6. The van der Waals surface area contributed by atoms with Crippen LogP contribution >= 0.6 is 0 Å². The van der Waals surface area contributed by atoms with E-state index in [-0.39, 0.29) is 0 Å². The predicted octanol–water partition coefficient (Wildman–Crippen LogP) is 3.38. The van der Waals surface area contributed by atoms with Crippen LogP contribution in [0.4, 0.5) is 0 Å². The van der Waals surface area contributed by atoms with E-state index in [1.54, 1.807) is 6.33 Å². The molecular weight excluding hydrogens is 360 g/mol. The maximum Gasteiger partial charge on any atom is 0.191 e. The molecule has 0 amide bonds. The molecule has 0 aliphatic rings. The Bertz CT molecular complexity index is 873. The Labute approximate surface area is 173 Å². The van der Waals surface area contributed by atoms with Gasteiger partial charge in [0.15, 0.2) is 11.8 Å². The van der Waals surface area contributed by atoms with Crippen molar-refractivity contribution in [2.75, 3.05) is 13.1 Å². The molecule has 29 heavy (non-hydrogen) atoms. The molecule has 2 N–H and O–H groups in total. The molecule has 2 aromatic carbocycles. The van der Waals surface area contributed by atoms with E-state index in [0.717, 1.165) is 37.8 Å². The Morgan fingerprint density at radius 2 is 1.72 bits per heavy atom. The van der Waals surface area contributed by atoms with E-state index >= 15 is 0 Å². The number of aryl methyl sites for hydroxylation is 1. The van der Waals surface area contributed by atoms with Crippen molar-refractivity contribution in [2.24, 2.45) is 4.99 Å². The van der Waals surface area contributed by atoms with Gasteiger partial charge in [-0.3, -0.25) is 0 Å².